The van der Waals surface area contributed by atoms with Gasteiger partial charge in [-0.2, -0.15) is 0 Å². The molecule has 0 saturated carbocycles. The van der Waals surface area contributed by atoms with E-state index < -0.39 is 36.2 Å². The summed E-state index contributed by atoms with van der Waals surface area (Å²) in [6.45, 7) is 6.79. The largest absolute Gasteiger partial charge is 0.459 e. The Balaban J connectivity index is -0.000000210. The summed E-state index contributed by atoms with van der Waals surface area (Å²) in [5.41, 5.74) is 0.547. The molecule has 3 N–H and O–H groups in total. The molecule has 11 heteroatoms. The van der Waals surface area contributed by atoms with E-state index in [0.717, 1.165) is 6.07 Å². The lowest BCUT2D eigenvalue weighted by Gasteiger charge is -2.13. The van der Waals surface area contributed by atoms with E-state index in [1.165, 1.54) is 46.8 Å². The Labute approximate surface area is 275 Å². The van der Waals surface area contributed by atoms with Crippen LogP contribution >= 0.6 is 0 Å². The first-order valence-corrected chi connectivity index (χ1v) is 12.0. The van der Waals surface area contributed by atoms with Gasteiger partial charge in [-0.25, -0.2) is 14.4 Å². The normalized spacial score (nSPS) is 11.8. The number of carbonyl (C=O) groups is 5. The number of aliphatic hydroxyl groups excluding tert-OH is 3. The Hall–Kier alpha value is -3.93. The highest BCUT2D eigenvalue weighted by Crippen LogP contribution is 2.17. The van der Waals surface area contributed by atoms with Gasteiger partial charge in [-0.05, 0) is 52.8 Å². The van der Waals surface area contributed by atoms with Crippen molar-refractivity contribution in [3.8, 4) is 0 Å². The molecule has 0 radical (unpaired) electrons. The molecule has 0 spiro atoms. The molecule has 2 aromatic carbocycles. The number of esters is 3. The summed E-state index contributed by atoms with van der Waals surface area (Å²) in [6, 6.07) is 10.4. The topological polar surface area (TPSA) is 174 Å². The summed E-state index contributed by atoms with van der Waals surface area (Å²) in [4.78, 5) is 59.1. The first-order chi connectivity index (χ1) is 19.9. The van der Waals surface area contributed by atoms with E-state index in [1.54, 1.807) is 24.3 Å². The molecule has 0 amide bonds. The summed E-state index contributed by atoms with van der Waals surface area (Å²) in [5.74, 6) is -2.76. The Morgan fingerprint density at radius 2 is 0.933 bits per heavy atom. The molecule has 0 saturated heterocycles. The number of hydrogen-bond acceptors (Lipinski definition) is 11. The van der Waals surface area contributed by atoms with Crippen LogP contribution < -0.4 is 0 Å². The molecule has 0 aliphatic heterocycles. The maximum absolute atomic E-state index is 12.5. The molecule has 2 rings (SSSR count). The Morgan fingerprint density at radius 3 is 1.29 bits per heavy atom. The Bertz CT molecular complexity index is 1210. The summed E-state index contributed by atoms with van der Waals surface area (Å²) in [5, 5.41) is 12.8. The molecule has 3 unspecified atom stereocenters. The third-order valence-electron chi connectivity index (χ3n) is 4.73. The maximum atomic E-state index is 12.5. The quantitative estimate of drug-likeness (QED) is 0.121. The molecule has 0 fully saturated rings. The monoisotopic (exact) mass is 648 g/mol. The average molecular weight is 649 g/mol. The zero-order valence-electron chi connectivity index (χ0n) is 25.4. The minimum absolute atomic E-state index is 0. The Kier molecular flexibility index (Phi) is 26.8. The molecule has 0 aliphatic carbocycles. The third-order valence-corrected chi connectivity index (χ3v) is 4.73. The molecule has 0 aromatic heterocycles. The number of benzene rings is 2. The van der Waals surface area contributed by atoms with Crippen molar-refractivity contribution in [1.82, 2.24) is 0 Å². The van der Waals surface area contributed by atoms with Gasteiger partial charge < -0.3 is 29.5 Å². The number of rotatable bonds is 14. The number of carbonyl (C=O) groups excluding carboxylic acids is 5. The van der Waals surface area contributed by atoms with Crippen LogP contribution in [-0.4, -0.2) is 87.2 Å². The van der Waals surface area contributed by atoms with Crippen LogP contribution in [0.25, 0.3) is 0 Å². The molecule has 45 heavy (non-hydrogen) atoms. The second-order valence-corrected chi connectivity index (χ2v) is 8.65. The van der Waals surface area contributed by atoms with Crippen LogP contribution in [0.4, 0.5) is 0 Å². The summed E-state index contributed by atoms with van der Waals surface area (Å²) >= 11 is 0. The van der Waals surface area contributed by atoms with Gasteiger partial charge in [0.05, 0.1) is 35.0 Å². The first-order valence-electron chi connectivity index (χ1n) is 13.2. The van der Waals surface area contributed by atoms with Crippen molar-refractivity contribution in [3.05, 3.63) is 70.3 Å². The minimum Gasteiger partial charge on any atom is -0.459 e. The standard InChI is InChI=1S/C18H24O9.C10H10O2.6CH4/c1-10(19)7-25-16(22)13-4-5-14(17(23)26-8-11(2)20)15(6-13)18(24)27-9-12(3)21;1-7(11)9-5-3-4-6-10(9)8(2)12;;;;;;/h4-6,10-12,19-21H,7-9H2,1-3H3;3-6H,1-2H3;6*1H4/i19T,20T,21T;;;;;;;. The van der Waals surface area contributed by atoms with Crippen molar-refractivity contribution in [2.45, 2.75) is 97.5 Å². The molecular formula is C34H58O11. The van der Waals surface area contributed by atoms with Gasteiger partial charge in [0.15, 0.2) is 11.6 Å². The lowest BCUT2D eigenvalue weighted by atomic mass is 10.0. The van der Waals surface area contributed by atoms with E-state index in [1.807, 2.05) is 0 Å². The molecule has 2 aromatic rings. The van der Waals surface area contributed by atoms with E-state index in [9.17, 15) is 24.0 Å². The highest BCUT2D eigenvalue weighted by atomic mass is 16.6. The van der Waals surface area contributed by atoms with E-state index >= 15 is 0 Å². The van der Waals surface area contributed by atoms with Crippen molar-refractivity contribution < 1.29 is 53.5 Å². The fourth-order valence-corrected chi connectivity index (χ4v) is 2.93. The zero-order chi connectivity index (χ0) is 31.8. The van der Waals surface area contributed by atoms with Crippen LogP contribution in [0.3, 0.4) is 0 Å². The van der Waals surface area contributed by atoms with Gasteiger partial charge in [0, 0.05) is 11.1 Å². The Morgan fingerprint density at radius 1 is 0.578 bits per heavy atom. The van der Waals surface area contributed by atoms with Gasteiger partial charge >= 0.3 is 17.9 Å². The van der Waals surface area contributed by atoms with Crippen LogP contribution in [0.5, 0.6) is 0 Å². The SMILES string of the molecule is C.C.C.C.C.C.CC(=O)c1ccccc1C(C)=O.[3H]OC(C)COC(=O)c1ccc(C(=O)OCC(C)O[3H])c(C(=O)OCC(C)O[3H])c1. The molecule has 0 bridgehead atoms. The number of Topliss-reactive ketones (excluding diaryl/α,β-unsaturated/α-hetero) is 2. The van der Waals surface area contributed by atoms with Crippen molar-refractivity contribution in [2.75, 3.05) is 19.8 Å². The highest BCUT2D eigenvalue weighted by Gasteiger charge is 2.23. The molecule has 260 valence electrons. The molecule has 11 nitrogen and oxygen atoms in total. The third kappa shape index (κ3) is 19.1. The van der Waals surface area contributed by atoms with E-state index in [-0.39, 0.29) is 92.6 Å². The second-order valence-electron chi connectivity index (χ2n) is 8.65. The number of aliphatic hydroxyl groups is 3. The van der Waals surface area contributed by atoms with Gasteiger partial charge in [-0.1, -0.05) is 68.8 Å². The fraction of sp³-hybridized carbons (Fsp3) is 0.500. The summed E-state index contributed by atoms with van der Waals surface area (Å²) in [6.07, 6.45) is -2.05. The molecule has 0 heterocycles. The zero-order valence-corrected chi connectivity index (χ0v) is 22.4. The lowest BCUT2D eigenvalue weighted by Crippen LogP contribution is -2.21. The van der Waals surface area contributed by atoms with Crippen LogP contribution in [0.1, 0.15) is 131 Å². The first kappa shape index (κ1) is 45.5. The predicted molar refractivity (Wildman–Crippen MR) is 179 cm³/mol. The van der Waals surface area contributed by atoms with Gasteiger partial charge in [-0.15, -0.1) is 0 Å². The van der Waals surface area contributed by atoms with Crippen molar-refractivity contribution in [1.29, 1.82) is 4.29 Å². The van der Waals surface area contributed by atoms with Crippen molar-refractivity contribution in [3.63, 3.8) is 0 Å². The van der Waals surface area contributed by atoms with E-state index in [2.05, 4.69) is 15.3 Å². The van der Waals surface area contributed by atoms with Crippen molar-refractivity contribution in [2.24, 2.45) is 0 Å². The van der Waals surface area contributed by atoms with Gasteiger partial charge in [0.25, 0.3) is 0 Å². The van der Waals surface area contributed by atoms with Crippen LogP contribution in [0.2, 0.25) is 0 Å². The summed E-state index contributed by atoms with van der Waals surface area (Å²) < 4.78 is 35.4. The highest BCUT2D eigenvalue weighted by molar-refractivity contribution is 6.07. The second kappa shape index (κ2) is 26.5. The lowest BCUT2D eigenvalue weighted by molar-refractivity contribution is 0.0255. The minimum atomic E-state index is -0.937. The predicted octanol–water partition coefficient (Wildman–Crippen LogP) is 6.21. The molecular weight excluding hydrogens is 584 g/mol. The smallest absolute Gasteiger partial charge is 0.339 e. The van der Waals surface area contributed by atoms with Crippen LogP contribution in [-0.2, 0) is 14.2 Å². The molecule has 3 atom stereocenters. The van der Waals surface area contributed by atoms with E-state index in [4.69, 9.17) is 18.5 Å². The van der Waals surface area contributed by atoms with Crippen LogP contribution in [0.15, 0.2) is 42.5 Å². The van der Waals surface area contributed by atoms with Gasteiger partial charge in [0.1, 0.15) is 19.8 Å². The fourth-order valence-electron chi connectivity index (χ4n) is 2.93. The van der Waals surface area contributed by atoms with Crippen LogP contribution in [0, 0.1) is 0 Å². The van der Waals surface area contributed by atoms with Crippen molar-refractivity contribution >= 4 is 29.5 Å². The number of hydrogen-bond donors (Lipinski definition) is 3. The maximum Gasteiger partial charge on any atom is 0.339 e. The average Bonchev–Trinajstić information content (AvgIpc) is 3.00. The number of ether oxygens (including phenoxy) is 3. The molecule has 0 aliphatic rings. The van der Waals surface area contributed by atoms with Gasteiger partial charge in [0.2, 0.25) is 4.29 Å². The summed E-state index contributed by atoms with van der Waals surface area (Å²) in [7, 11) is 0. The van der Waals surface area contributed by atoms with Gasteiger partial charge in [-0.3, -0.25) is 9.59 Å². The van der Waals surface area contributed by atoms with E-state index in [0.29, 0.717) is 11.1 Å². The number of ketones is 2.